The van der Waals surface area contributed by atoms with Crippen LogP contribution >= 0.6 is 23.2 Å². The van der Waals surface area contributed by atoms with Gasteiger partial charge in [-0.3, -0.25) is 4.79 Å². The SMILES string of the molecule is CC(=O)c1ccc(NC(=O)Nc2ccc(-c3nnc(/C=C/c4c(Cl)cccc4Cl)n3C)cc2)cc1. The predicted molar refractivity (Wildman–Crippen MR) is 141 cm³/mol. The van der Waals surface area contributed by atoms with E-state index in [4.69, 9.17) is 23.2 Å². The molecule has 4 rings (SSSR count). The van der Waals surface area contributed by atoms with Crippen molar-refractivity contribution in [2.75, 3.05) is 10.6 Å². The number of ketones is 1. The van der Waals surface area contributed by atoms with Crippen LogP contribution in [0.2, 0.25) is 10.0 Å². The Kier molecular flexibility index (Phi) is 7.29. The Morgan fingerprint density at radius 2 is 1.40 bits per heavy atom. The lowest BCUT2D eigenvalue weighted by atomic mass is 10.1. The molecule has 176 valence electrons. The highest BCUT2D eigenvalue weighted by Gasteiger charge is 2.11. The Hall–Kier alpha value is -3.94. The van der Waals surface area contributed by atoms with Crippen molar-refractivity contribution < 1.29 is 9.59 Å². The number of hydrogen-bond donors (Lipinski definition) is 2. The first-order valence-electron chi connectivity index (χ1n) is 10.6. The largest absolute Gasteiger partial charge is 0.323 e. The van der Waals surface area contributed by atoms with Gasteiger partial charge in [-0.2, -0.15) is 0 Å². The highest BCUT2D eigenvalue weighted by atomic mass is 35.5. The molecule has 3 aromatic carbocycles. The smallest absolute Gasteiger partial charge is 0.311 e. The molecule has 0 fully saturated rings. The van der Waals surface area contributed by atoms with Crippen molar-refractivity contribution in [3.05, 3.63) is 93.7 Å². The van der Waals surface area contributed by atoms with Crippen LogP contribution in [0, 0.1) is 0 Å². The fourth-order valence-corrected chi connectivity index (χ4v) is 3.87. The molecular formula is C26H21Cl2N5O2. The van der Waals surface area contributed by atoms with E-state index in [-0.39, 0.29) is 5.78 Å². The van der Waals surface area contributed by atoms with Gasteiger partial charge in [0.2, 0.25) is 0 Å². The van der Waals surface area contributed by atoms with Crippen LogP contribution in [-0.2, 0) is 7.05 Å². The van der Waals surface area contributed by atoms with Crippen molar-refractivity contribution in [3.8, 4) is 11.4 Å². The van der Waals surface area contributed by atoms with E-state index in [1.807, 2.05) is 23.7 Å². The summed E-state index contributed by atoms with van der Waals surface area (Å²) in [6.07, 6.45) is 3.60. The molecule has 0 radical (unpaired) electrons. The van der Waals surface area contributed by atoms with E-state index in [1.54, 1.807) is 66.7 Å². The van der Waals surface area contributed by atoms with E-state index >= 15 is 0 Å². The highest BCUT2D eigenvalue weighted by Crippen LogP contribution is 2.27. The van der Waals surface area contributed by atoms with Crippen LogP contribution in [0.25, 0.3) is 23.5 Å². The van der Waals surface area contributed by atoms with E-state index in [1.165, 1.54) is 6.92 Å². The van der Waals surface area contributed by atoms with Crippen molar-refractivity contribution in [3.63, 3.8) is 0 Å². The minimum Gasteiger partial charge on any atom is -0.311 e. The molecule has 0 aliphatic carbocycles. The Labute approximate surface area is 212 Å². The molecule has 2 amide bonds. The Bertz CT molecular complexity index is 1390. The van der Waals surface area contributed by atoms with Crippen molar-refractivity contribution in [1.82, 2.24) is 14.8 Å². The summed E-state index contributed by atoms with van der Waals surface area (Å²) < 4.78 is 1.85. The first kappa shape index (κ1) is 24.2. The van der Waals surface area contributed by atoms with Crippen LogP contribution in [-0.4, -0.2) is 26.6 Å². The molecule has 0 aliphatic heterocycles. The maximum absolute atomic E-state index is 12.3. The summed E-state index contributed by atoms with van der Waals surface area (Å²) in [6.45, 7) is 1.49. The molecule has 0 spiro atoms. The third kappa shape index (κ3) is 5.77. The maximum atomic E-state index is 12.3. The third-order valence-electron chi connectivity index (χ3n) is 5.26. The van der Waals surface area contributed by atoms with E-state index in [2.05, 4.69) is 20.8 Å². The number of hydrogen-bond acceptors (Lipinski definition) is 4. The molecule has 0 saturated carbocycles. The Morgan fingerprint density at radius 3 is 1.97 bits per heavy atom. The van der Waals surface area contributed by atoms with Gasteiger partial charge in [0.05, 0.1) is 0 Å². The number of carbonyl (C=O) groups excluding carboxylic acids is 2. The highest BCUT2D eigenvalue weighted by molar-refractivity contribution is 6.37. The standard InChI is InChI=1S/C26H21Cl2N5O2/c1-16(34)17-6-10-19(11-7-17)29-26(35)30-20-12-8-18(9-13-20)25-32-31-24(33(25)2)15-14-21-22(27)4-3-5-23(21)28/h3-15H,1-2H3,(H2,29,30,35)/b15-14+. The molecule has 0 saturated heterocycles. The molecular weight excluding hydrogens is 485 g/mol. The number of anilines is 2. The fraction of sp³-hybridized carbons (Fsp3) is 0.0769. The van der Waals surface area contributed by atoms with Crippen LogP contribution in [0.5, 0.6) is 0 Å². The number of aromatic nitrogens is 3. The zero-order valence-corrected chi connectivity index (χ0v) is 20.4. The molecule has 1 heterocycles. The minimum absolute atomic E-state index is 0.0304. The number of nitrogens with zero attached hydrogens (tertiary/aromatic N) is 3. The van der Waals surface area contributed by atoms with E-state index in [0.29, 0.717) is 44.2 Å². The van der Waals surface area contributed by atoms with Gasteiger partial charge in [-0.05, 0) is 79.7 Å². The van der Waals surface area contributed by atoms with Gasteiger partial charge in [0.25, 0.3) is 0 Å². The second-order valence-corrected chi connectivity index (χ2v) is 8.51. The molecule has 1 aromatic heterocycles. The molecule has 0 aliphatic rings. The monoisotopic (exact) mass is 505 g/mol. The summed E-state index contributed by atoms with van der Waals surface area (Å²) in [7, 11) is 1.86. The fourth-order valence-electron chi connectivity index (χ4n) is 3.35. The normalized spacial score (nSPS) is 11.0. The molecule has 0 atom stereocenters. The van der Waals surface area contributed by atoms with Crippen LogP contribution < -0.4 is 10.6 Å². The molecule has 2 N–H and O–H groups in total. The quantitative estimate of drug-likeness (QED) is 0.281. The Morgan fingerprint density at radius 1 is 0.829 bits per heavy atom. The van der Waals surface area contributed by atoms with E-state index in [9.17, 15) is 9.59 Å². The number of halogens is 2. The molecule has 35 heavy (non-hydrogen) atoms. The summed E-state index contributed by atoms with van der Waals surface area (Å²) in [5.41, 5.74) is 3.33. The number of benzene rings is 3. The van der Waals surface area contributed by atoms with Gasteiger partial charge in [-0.25, -0.2) is 4.79 Å². The van der Waals surface area contributed by atoms with Crippen molar-refractivity contribution in [2.45, 2.75) is 6.92 Å². The van der Waals surface area contributed by atoms with Crippen molar-refractivity contribution >= 4 is 58.5 Å². The van der Waals surface area contributed by atoms with Gasteiger partial charge in [-0.15, -0.1) is 10.2 Å². The zero-order chi connectivity index (χ0) is 24.9. The topological polar surface area (TPSA) is 88.9 Å². The molecule has 0 bridgehead atoms. The van der Waals surface area contributed by atoms with Crippen LogP contribution in [0.1, 0.15) is 28.7 Å². The van der Waals surface area contributed by atoms with Gasteiger partial charge < -0.3 is 15.2 Å². The molecule has 7 nitrogen and oxygen atoms in total. The second kappa shape index (κ2) is 10.5. The van der Waals surface area contributed by atoms with Crippen LogP contribution in [0.15, 0.2) is 66.7 Å². The third-order valence-corrected chi connectivity index (χ3v) is 5.92. The van der Waals surface area contributed by atoms with E-state index < -0.39 is 6.03 Å². The Balaban J connectivity index is 1.42. The lowest BCUT2D eigenvalue weighted by molar-refractivity contribution is 0.101. The zero-order valence-electron chi connectivity index (χ0n) is 18.9. The molecule has 9 heteroatoms. The summed E-state index contributed by atoms with van der Waals surface area (Å²) >= 11 is 12.5. The number of urea groups is 1. The molecule has 0 unspecified atom stereocenters. The van der Waals surface area contributed by atoms with Crippen molar-refractivity contribution in [1.29, 1.82) is 0 Å². The summed E-state index contributed by atoms with van der Waals surface area (Å²) in [4.78, 5) is 23.7. The van der Waals surface area contributed by atoms with Crippen LogP contribution in [0.3, 0.4) is 0 Å². The van der Waals surface area contributed by atoms with Crippen molar-refractivity contribution in [2.24, 2.45) is 7.05 Å². The second-order valence-electron chi connectivity index (χ2n) is 7.70. The van der Waals surface area contributed by atoms with Gasteiger partial charge in [0.15, 0.2) is 17.4 Å². The predicted octanol–water partition coefficient (Wildman–Crippen LogP) is 6.81. The lowest BCUT2D eigenvalue weighted by Crippen LogP contribution is -2.19. The molecule has 4 aromatic rings. The van der Waals surface area contributed by atoms with E-state index in [0.717, 1.165) is 5.56 Å². The lowest BCUT2D eigenvalue weighted by Gasteiger charge is -2.09. The van der Waals surface area contributed by atoms with Gasteiger partial charge in [-0.1, -0.05) is 29.3 Å². The average Bonchev–Trinajstić information content (AvgIpc) is 3.20. The first-order valence-corrected chi connectivity index (χ1v) is 11.4. The van der Waals surface area contributed by atoms with Gasteiger partial charge in [0, 0.05) is 45.2 Å². The van der Waals surface area contributed by atoms with Gasteiger partial charge >= 0.3 is 6.03 Å². The summed E-state index contributed by atoms with van der Waals surface area (Å²) in [5.74, 6) is 1.27. The number of nitrogens with one attached hydrogen (secondary N) is 2. The number of rotatable bonds is 6. The average molecular weight is 506 g/mol. The van der Waals surface area contributed by atoms with Crippen LogP contribution in [0.4, 0.5) is 16.2 Å². The summed E-state index contributed by atoms with van der Waals surface area (Å²) in [6, 6.07) is 18.9. The number of amides is 2. The van der Waals surface area contributed by atoms with Gasteiger partial charge in [0.1, 0.15) is 0 Å². The number of carbonyl (C=O) groups is 2. The maximum Gasteiger partial charge on any atom is 0.323 e. The summed E-state index contributed by atoms with van der Waals surface area (Å²) in [5, 5.41) is 15.1. The minimum atomic E-state index is -0.391. The first-order chi connectivity index (χ1) is 16.8. The number of Topliss-reactive ketones (excluding diaryl/α,β-unsaturated/α-hetero) is 1.